The fourth-order valence-corrected chi connectivity index (χ4v) is 4.28. The van der Waals surface area contributed by atoms with E-state index >= 15 is 0 Å². The summed E-state index contributed by atoms with van der Waals surface area (Å²) in [4.78, 5) is 48.7. The van der Waals surface area contributed by atoms with E-state index in [-0.39, 0.29) is 30.8 Å². The van der Waals surface area contributed by atoms with Crippen molar-refractivity contribution >= 4 is 57.0 Å². The Hall–Kier alpha value is -2.79. The molecule has 0 aromatic carbocycles. The molecule has 0 spiro atoms. The molecule has 1 aliphatic rings. The largest absolute Gasteiger partial charge is 0.462 e. The van der Waals surface area contributed by atoms with Crippen molar-refractivity contribution < 1.29 is 19.1 Å². The van der Waals surface area contributed by atoms with Crippen LogP contribution in [0.25, 0.3) is 0 Å². The monoisotopic (exact) mass is 419 g/mol. The molecule has 1 atom stereocenters. The van der Waals surface area contributed by atoms with Crippen molar-refractivity contribution in [2.45, 2.75) is 25.5 Å². The van der Waals surface area contributed by atoms with Gasteiger partial charge in [-0.1, -0.05) is 11.8 Å². The van der Waals surface area contributed by atoms with Gasteiger partial charge in [-0.2, -0.15) is 4.99 Å². The van der Waals surface area contributed by atoms with E-state index in [1.807, 2.05) is 0 Å². The van der Waals surface area contributed by atoms with E-state index < -0.39 is 11.2 Å². The van der Waals surface area contributed by atoms with Gasteiger partial charge in [-0.3, -0.25) is 9.59 Å². The predicted octanol–water partition coefficient (Wildman–Crippen LogP) is 2.27. The van der Waals surface area contributed by atoms with Crippen LogP contribution in [0.5, 0.6) is 0 Å². The van der Waals surface area contributed by atoms with Crippen molar-refractivity contribution in [2.75, 3.05) is 11.9 Å². The molecule has 11 heteroatoms. The minimum atomic E-state index is -0.630. The Balaban J connectivity index is 1.64. The number of anilines is 1. The highest BCUT2D eigenvalue weighted by Gasteiger charge is 2.33. The molecular weight excluding hydrogens is 402 g/mol. The molecule has 146 valence electrons. The second kappa shape index (κ2) is 8.93. The van der Waals surface area contributed by atoms with Crippen molar-refractivity contribution in [1.29, 1.82) is 0 Å². The summed E-state index contributed by atoms with van der Waals surface area (Å²) in [6.45, 7) is 3.73. The molecule has 0 aliphatic carbocycles. The SMILES string of the molecule is CCOC(=O)c1c(C)csc1NC(=O)CC1S/C(=N\c2ncccn2)NC1=O. The third-order valence-corrected chi connectivity index (χ3v) is 5.70. The molecule has 0 saturated carbocycles. The van der Waals surface area contributed by atoms with Crippen molar-refractivity contribution in [3.05, 3.63) is 35.0 Å². The lowest BCUT2D eigenvalue weighted by molar-refractivity contribution is -0.122. The van der Waals surface area contributed by atoms with Crippen LogP contribution in [-0.4, -0.2) is 44.8 Å². The van der Waals surface area contributed by atoms with Crippen LogP contribution < -0.4 is 10.6 Å². The van der Waals surface area contributed by atoms with Gasteiger partial charge in [0.25, 0.3) is 5.95 Å². The molecule has 2 N–H and O–H groups in total. The van der Waals surface area contributed by atoms with Gasteiger partial charge in [-0.05, 0) is 30.9 Å². The number of thioether (sulfide) groups is 1. The number of amides is 2. The molecule has 1 aliphatic heterocycles. The molecule has 3 rings (SSSR count). The Kier molecular flexibility index (Phi) is 6.37. The first kappa shape index (κ1) is 20.0. The maximum atomic E-state index is 12.4. The summed E-state index contributed by atoms with van der Waals surface area (Å²) < 4.78 is 5.03. The number of aryl methyl sites for hydroxylation is 1. The summed E-state index contributed by atoms with van der Waals surface area (Å²) in [6, 6.07) is 1.66. The standard InChI is InChI=1S/C17H17N5O4S2/c1-3-26-15(25)12-9(2)8-27-14(12)20-11(23)7-10-13(24)21-17(28-10)22-16-18-5-4-6-19-16/h4-6,8,10H,3,7H2,1-2H3,(H,20,23)(H,18,19,21,22,24). The van der Waals surface area contributed by atoms with Crippen LogP contribution in [0.4, 0.5) is 10.9 Å². The molecule has 0 bridgehead atoms. The van der Waals surface area contributed by atoms with E-state index in [9.17, 15) is 14.4 Å². The third-order valence-electron chi connectivity index (χ3n) is 3.61. The number of hydrogen-bond donors (Lipinski definition) is 2. The van der Waals surface area contributed by atoms with Crippen LogP contribution in [-0.2, 0) is 14.3 Å². The zero-order valence-corrected chi connectivity index (χ0v) is 16.7. The first-order valence-electron chi connectivity index (χ1n) is 8.36. The average Bonchev–Trinajstić information content (AvgIpc) is 3.18. The van der Waals surface area contributed by atoms with Gasteiger partial charge in [0.2, 0.25) is 11.8 Å². The molecule has 1 unspecified atom stereocenters. The molecule has 0 radical (unpaired) electrons. The highest BCUT2D eigenvalue weighted by Crippen LogP contribution is 2.30. The van der Waals surface area contributed by atoms with E-state index in [0.29, 0.717) is 15.7 Å². The summed E-state index contributed by atoms with van der Waals surface area (Å²) >= 11 is 2.38. The zero-order valence-electron chi connectivity index (χ0n) is 15.1. The first-order valence-corrected chi connectivity index (χ1v) is 10.1. The normalized spacial score (nSPS) is 17.4. The van der Waals surface area contributed by atoms with Crippen LogP contribution in [0, 0.1) is 6.92 Å². The number of aromatic nitrogens is 2. The fraction of sp³-hybridized carbons (Fsp3) is 0.294. The topological polar surface area (TPSA) is 123 Å². The Bertz CT molecular complexity index is 929. The average molecular weight is 419 g/mol. The lowest BCUT2D eigenvalue weighted by Crippen LogP contribution is -2.28. The number of nitrogens with zero attached hydrogens (tertiary/aromatic N) is 3. The maximum Gasteiger partial charge on any atom is 0.341 e. The van der Waals surface area contributed by atoms with E-state index in [1.165, 1.54) is 11.3 Å². The molecule has 9 nitrogen and oxygen atoms in total. The van der Waals surface area contributed by atoms with E-state index in [1.54, 1.807) is 37.7 Å². The second-order valence-electron chi connectivity index (χ2n) is 5.66. The summed E-state index contributed by atoms with van der Waals surface area (Å²) in [7, 11) is 0. The van der Waals surface area contributed by atoms with Crippen LogP contribution in [0.2, 0.25) is 0 Å². The van der Waals surface area contributed by atoms with E-state index in [4.69, 9.17) is 4.74 Å². The Morgan fingerprint density at radius 1 is 1.36 bits per heavy atom. The van der Waals surface area contributed by atoms with Gasteiger partial charge in [0.05, 0.1) is 12.2 Å². The van der Waals surface area contributed by atoms with Crippen molar-refractivity contribution in [1.82, 2.24) is 15.3 Å². The molecule has 2 amide bonds. The molecule has 3 heterocycles. The summed E-state index contributed by atoms with van der Waals surface area (Å²) in [5.74, 6) is -0.953. The predicted molar refractivity (Wildman–Crippen MR) is 107 cm³/mol. The molecule has 1 fully saturated rings. The quantitative estimate of drug-likeness (QED) is 0.689. The number of esters is 1. The Morgan fingerprint density at radius 2 is 2.11 bits per heavy atom. The van der Waals surface area contributed by atoms with Crippen molar-refractivity contribution in [3.63, 3.8) is 0 Å². The molecule has 2 aromatic heterocycles. The molecule has 1 saturated heterocycles. The highest BCUT2D eigenvalue weighted by atomic mass is 32.2. The number of ether oxygens (including phenoxy) is 1. The molecule has 28 heavy (non-hydrogen) atoms. The number of thiophene rings is 1. The van der Waals surface area contributed by atoms with E-state index in [0.717, 1.165) is 17.3 Å². The van der Waals surface area contributed by atoms with Gasteiger partial charge in [-0.15, -0.1) is 11.3 Å². The number of carbonyl (C=O) groups is 3. The van der Waals surface area contributed by atoms with Crippen molar-refractivity contribution in [2.24, 2.45) is 4.99 Å². The number of nitrogens with one attached hydrogen (secondary N) is 2. The van der Waals surface area contributed by atoms with Gasteiger partial charge in [0.1, 0.15) is 10.3 Å². The van der Waals surface area contributed by atoms with Gasteiger partial charge in [0.15, 0.2) is 5.17 Å². The lowest BCUT2D eigenvalue weighted by atomic mass is 10.2. The van der Waals surface area contributed by atoms with Gasteiger partial charge < -0.3 is 15.4 Å². The minimum absolute atomic E-state index is 0.0651. The maximum absolute atomic E-state index is 12.4. The van der Waals surface area contributed by atoms with Gasteiger partial charge >= 0.3 is 5.97 Å². The Morgan fingerprint density at radius 3 is 2.82 bits per heavy atom. The summed E-state index contributed by atoms with van der Waals surface area (Å²) in [5, 5.41) is 7.21. The lowest BCUT2D eigenvalue weighted by Gasteiger charge is -2.08. The molecular formula is C17H17N5O4S2. The zero-order chi connectivity index (χ0) is 20.1. The van der Waals surface area contributed by atoms with E-state index in [2.05, 4.69) is 25.6 Å². The van der Waals surface area contributed by atoms with Crippen LogP contribution in [0.3, 0.4) is 0 Å². The second-order valence-corrected chi connectivity index (χ2v) is 7.73. The smallest absolute Gasteiger partial charge is 0.341 e. The first-order chi connectivity index (χ1) is 13.5. The number of amidine groups is 1. The third kappa shape index (κ3) is 4.73. The number of hydrogen-bond acceptors (Lipinski definition) is 9. The minimum Gasteiger partial charge on any atom is -0.462 e. The van der Waals surface area contributed by atoms with Crippen LogP contribution in [0.15, 0.2) is 28.8 Å². The fourth-order valence-electron chi connectivity index (χ4n) is 2.37. The number of carbonyl (C=O) groups excluding carboxylic acids is 3. The van der Waals surface area contributed by atoms with Gasteiger partial charge in [0, 0.05) is 18.8 Å². The molecule has 2 aromatic rings. The number of rotatable bonds is 6. The Labute approximate surface area is 169 Å². The van der Waals surface area contributed by atoms with Crippen LogP contribution >= 0.6 is 23.1 Å². The highest BCUT2D eigenvalue weighted by molar-refractivity contribution is 8.15. The summed E-state index contributed by atoms with van der Waals surface area (Å²) in [5.41, 5.74) is 1.07. The number of aliphatic imine (C=N–C) groups is 1. The van der Waals surface area contributed by atoms with Crippen LogP contribution in [0.1, 0.15) is 29.3 Å². The van der Waals surface area contributed by atoms with Crippen molar-refractivity contribution in [3.8, 4) is 0 Å². The summed E-state index contributed by atoms with van der Waals surface area (Å²) in [6.07, 6.45) is 3.02. The van der Waals surface area contributed by atoms with Gasteiger partial charge in [-0.25, -0.2) is 14.8 Å².